The van der Waals surface area contributed by atoms with E-state index >= 15 is 8.78 Å². The number of carbonyl (C=O) groups is 1. The fourth-order valence-electron chi connectivity index (χ4n) is 6.98. The summed E-state index contributed by atoms with van der Waals surface area (Å²) in [4.78, 5) is 31.0. The van der Waals surface area contributed by atoms with Crippen molar-refractivity contribution in [3.8, 4) is 0 Å². The van der Waals surface area contributed by atoms with E-state index in [0.29, 0.717) is 24.2 Å². The Labute approximate surface area is 274 Å². The molecule has 2 aromatic carbocycles. The van der Waals surface area contributed by atoms with Gasteiger partial charge in [0.05, 0.1) is 17.4 Å². The van der Waals surface area contributed by atoms with Crippen LogP contribution in [0.25, 0.3) is 5.57 Å². The first-order chi connectivity index (χ1) is 22.4. The second kappa shape index (κ2) is 13.1. The maximum Gasteiger partial charge on any atom is 0.331 e. The number of nitrogens with zero attached hydrogens (tertiary/aromatic N) is 5. The second-order valence-electron chi connectivity index (χ2n) is 13.8. The summed E-state index contributed by atoms with van der Waals surface area (Å²) in [5, 5.41) is 4.62. The van der Waals surface area contributed by atoms with Gasteiger partial charge in [0.25, 0.3) is 0 Å². The predicted octanol–water partition coefficient (Wildman–Crippen LogP) is 5.00. The van der Waals surface area contributed by atoms with Gasteiger partial charge in [-0.25, -0.2) is 19.1 Å². The van der Waals surface area contributed by atoms with Crippen LogP contribution in [0, 0.1) is 23.0 Å². The number of hydrogen-bond donors (Lipinski definition) is 3. The van der Waals surface area contributed by atoms with Crippen molar-refractivity contribution in [3.05, 3.63) is 94.8 Å². The van der Waals surface area contributed by atoms with Gasteiger partial charge in [-0.3, -0.25) is 15.0 Å². The van der Waals surface area contributed by atoms with Crippen molar-refractivity contribution in [2.24, 2.45) is 22.1 Å². The van der Waals surface area contributed by atoms with Gasteiger partial charge in [-0.05, 0) is 82.1 Å². The number of fused-ring (bicyclic) bond motifs is 3. The first-order valence-electron chi connectivity index (χ1n) is 16.1. The van der Waals surface area contributed by atoms with Crippen LogP contribution in [0.15, 0.2) is 71.4 Å². The maximum absolute atomic E-state index is 15.2. The van der Waals surface area contributed by atoms with Gasteiger partial charge in [-0.15, -0.1) is 0 Å². The summed E-state index contributed by atoms with van der Waals surface area (Å²) < 4.78 is 30.5. The van der Waals surface area contributed by atoms with Crippen molar-refractivity contribution in [1.82, 2.24) is 25.1 Å². The zero-order valence-corrected chi connectivity index (χ0v) is 27.6. The van der Waals surface area contributed by atoms with E-state index in [4.69, 9.17) is 10.7 Å². The highest BCUT2D eigenvalue weighted by molar-refractivity contribution is 5.98. The minimum Gasteiger partial charge on any atom is -0.369 e. The van der Waals surface area contributed by atoms with Gasteiger partial charge < -0.3 is 10.6 Å². The van der Waals surface area contributed by atoms with E-state index in [2.05, 4.69) is 46.2 Å². The number of benzene rings is 2. The number of aliphatic imine (C=N–C) groups is 1. The fourth-order valence-corrected chi connectivity index (χ4v) is 6.98. The van der Waals surface area contributed by atoms with Crippen LogP contribution < -0.4 is 16.4 Å². The lowest BCUT2D eigenvalue weighted by Gasteiger charge is -2.34. The third-order valence-electron chi connectivity index (χ3n) is 9.43. The highest BCUT2D eigenvalue weighted by Gasteiger charge is 2.38. The molecule has 6 rings (SSSR count). The molecule has 0 spiro atoms. The van der Waals surface area contributed by atoms with E-state index < -0.39 is 17.7 Å². The summed E-state index contributed by atoms with van der Waals surface area (Å²) in [6.45, 7) is 4.65. The number of guanidine groups is 1. The number of halogens is 2. The average Bonchev–Trinajstić information content (AvgIpc) is 3.47. The number of nitrogens with one attached hydrogen (secondary N) is 1. The van der Waals surface area contributed by atoms with E-state index in [-0.39, 0.29) is 28.8 Å². The van der Waals surface area contributed by atoms with E-state index in [9.17, 15) is 4.79 Å². The molecule has 0 saturated heterocycles. The quantitative estimate of drug-likeness (QED) is 0.198. The summed E-state index contributed by atoms with van der Waals surface area (Å²) in [5.41, 5.74) is 10.7. The molecule has 1 fully saturated rings. The molecule has 246 valence electrons. The van der Waals surface area contributed by atoms with Crippen molar-refractivity contribution in [2.75, 3.05) is 21.1 Å². The average molecular weight is 642 g/mol. The Kier molecular flexibility index (Phi) is 9.06. The number of nitrogens with two attached hydrogens (primary N) is 2. The molecule has 47 heavy (non-hydrogen) atoms. The SMILES string of the molecule is CN(C)C1CCC(C(=O)NC(N)=Nc2cccc([NH2+]c3ncc4c(n3)C3=CCC(C)(C)C=C3C(c3c(F)cccc3F)N(C)C4)c2)C1. The summed E-state index contributed by atoms with van der Waals surface area (Å²) in [6.07, 6.45) is 9.44. The van der Waals surface area contributed by atoms with E-state index in [1.165, 1.54) is 18.2 Å². The Morgan fingerprint density at radius 3 is 2.62 bits per heavy atom. The maximum atomic E-state index is 15.2. The molecular weight excluding hydrogens is 598 g/mol. The molecule has 2 aliphatic carbocycles. The van der Waals surface area contributed by atoms with Crippen molar-refractivity contribution in [3.63, 3.8) is 0 Å². The molecule has 1 saturated carbocycles. The van der Waals surface area contributed by atoms with Crippen LogP contribution in [-0.2, 0) is 11.3 Å². The van der Waals surface area contributed by atoms with Gasteiger partial charge in [0.15, 0.2) is 0 Å². The van der Waals surface area contributed by atoms with Gasteiger partial charge in [-0.2, -0.15) is 9.97 Å². The molecular formula is C36H43F2N8O+. The van der Waals surface area contributed by atoms with Crippen LogP contribution in [0.3, 0.4) is 0 Å². The smallest absolute Gasteiger partial charge is 0.331 e. The summed E-state index contributed by atoms with van der Waals surface area (Å²) in [5.74, 6) is -0.783. The highest BCUT2D eigenvalue weighted by Crippen LogP contribution is 2.47. The molecule has 3 unspecified atom stereocenters. The second-order valence-corrected chi connectivity index (χ2v) is 13.8. The number of likely N-dealkylation sites (N-methyl/N-ethyl adjacent to an activating group) is 1. The Morgan fingerprint density at radius 1 is 1.15 bits per heavy atom. The monoisotopic (exact) mass is 641 g/mol. The molecule has 3 aromatic rings. The summed E-state index contributed by atoms with van der Waals surface area (Å²) >= 11 is 0. The Hall–Kier alpha value is -4.32. The zero-order chi connectivity index (χ0) is 33.5. The number of quaternary nitrogens is 1. The van der Waals surface area contributed by atoms with Crippen molar-refractivity contribution in [1.29, 1.82) is 0 Å². The molecule has 5 N–H and O–H groups in total. The van der Waals surface area contributed by atoms with Crippen LogP contribution in [0.4, 0.5) is 26.1 Å². The molecule has 2 heterocycles. The van der Waals surface area contributed by atoms with Crippen LogP contribution in [0.1, 0.15) is 62.4 Å². The van der Waals surface area contributed by atoms with Crippen LogP contribution in [-0.4, -0.2) is 58.8 Å². The number of carbonyl (C=O) groups excluding carboxylic acids is 1. The predicted molar refractivity (Wildman–Crippen MR) is 179 cm³/mol. The van der Waals surface area contributed by atoms with Crippen molar-refractivity contribution < 1.29 is 18.9 Å². The van der Waals surface area contributed by atoms with E-state index in [1.807, 2.05) is 55.6 Å². The Morgan fingerprint density at radius 2 is 1.89 bits per heavy atom. The molecule has 11 heteroatoms. The van der Waals surface area contributed by atoms with E-state index in [0.717, 1.165) is 53.8 Å². The number of aromatic nitrogens is 2. The third kappa shape index (κ3) is 7.02. The number of rotatable bonds is 6. The highest BCUT2D eigenvalue weighted by atomic mass is 19.1. The molecule has 1 amide bonds. The Bertz CT molecular complexity index is 1760. The molecule has 0 bridgehead atoms. The minimum atomic E-state index is -0.632. The Balaban J connectivity index is 1.24. The van der Waals surface area contributed by atoms with Gasteiger partial charge in [-0.1, -0.05) is 38.1 Å². The molecule has 1 aromatic heterocycles. The summed E-state index contributed by atoms with van der Waals surface area (Å²) in [7, 11) is 5.95. The lowest BCUT2D eigenvalue weighted by Crippen LogP contribution is -2.72. The first-order valence-corrected chi connectivity index (χ1v) is 16.1. The molecule has 1 aliphatic heterocycles. The normalized spacial score (nSPS) is 22.6. The van der Waals surface area contributed by atoms with Crippen molar-refractivity contribution in [2.45, 2.75) is 58.2 Å². The lowest BCUT2D eigenvalue weighted by atomic mass is 9.76. The number of allylic oxidation sites excluding steroid dienone is 2. The third-order valence-corrected chi connectivity index (χ3v) is 9.43. The lowest BCUT2D eigenvalue weighted by molar-refractivity contribution is -0.487. The molecule has 3 atom stereocenters. The van der Waals surface area contributed by atoms with Gasteiger partial charge >= 0.3 is 5.95 Å². The first kappa shape index (κ1) is 32.6. The van der Waals surface area contributed by atoms with E-state index in [1.54, 1.807) is 6.20 Å². The number of hydrogen-bond acceptors (Lipinski definition) is 6. The van der Waals surface area contributed by atoms with Crippen LogP contribution in [0.2, 0.25) is 0 Å². The van der Waals surface area contributed by atoms with Gasteiger partial charge in [0, 0.05) is 47.5 Å². The van der Waals surface area contributed by atoms with Crippen LogP contribution in [0.5, 0.6) is 0 Å². The largest absolute Gasteiger partial charge is 0.369 e. The topological polar surface area (TPSA) is 116 Å². The summed E-state index contributed by atoms with van der Waals surface area (Å²) in [6, 6.07) is 11.2. The van der Waals surface area contributed by atoms with Gasteiger partial charge in [0.2, 0.25) is 11.9 Å². The molecule has 0 radical (unpaired) electrons. The van der Waals surface area contributed by atoms with Crippen molar-refractivity contribution >= 4 is 34.8 Å². The van der Waals surface area contributed by atoms with Gasteiger partial charge in [0.1, 0.15) is 17.3 Å². The zero-order valence-electron chi connectivity index (χ0n) is 27.6. The van der Waals surface area contributed by atoms with Crippen LogP contribution >= 0.6 is 0 Å². The number of amides is 1. The fraction of sp³-hybridized carbons (Fsp3) is 0.389. The molecule has 9 nitrogen and oxygen atoms in total. The standard InChI is InChI=1S/C36H42F2N8O/c1-36(2)15-14-26-27(18-36)32(30-28(37)10-7-11-29(30)38)46(5)20-22-19-40-35(43-31(22)26)42-24-9-6-8-23(17-24)41-34(39)44-33(47)21-12-13-25(16-21)45(3)4/h6-11,14,17-19,21,25,32H,12-13,15-16,20H2,1-5H3,(H,40,42,43)(H3,39,41,44,47)/p+1. The minimum absolute atomic E-state index is 0.0336. The molecule has 3 aliphatic rings.